The van der Waals surface area contributed by atoms with Crippen molar-refractivity contribution in [3.8, 4) is 0 Å². The van der Waals surface area contributed by atoms with Gasteiger partial charge in [-0.05, 0) is 30.7 Å². The van der Waals surface area contributed by atoms with Crippen molar-refractivity contribution in [1.29, 1.82) is 0 Å². The molecular weight excluding hydrogens is 346 g/mol. The topological polar surface area (TPSA) is 63.2 Å². The minimum absolute atomic E-state index is 0.182. The maximum atomic E-state index is 12.3. The van der Waals surface area contributed by atoms with Crippen molar-refractivity contribution in [2.75, 3.05) is 12.3 Å². The van der Waals surface area contributed by atoms with Gasteiger partial charge in [0.05, 0.1) is 17.3 Å². The molecular formula is C20H17N3O2S. The number of nitrogens with zero attached hydrogens (tertiary/aromatic N) is 3. The molecule has 0 aliphatic carbocycles. The average Bonchev–Trinajstić information content (AvgIpc) is 2.93. The lowest BCUT2D eigenvalue weighted by atomic mass is 10.1. The van der Waals surface area contributed by atoms with Gasteiger partial charge in [-0.3, -0.25) is 14.5 Å². The number of fused-ring (bicyclic) bond motifs is 2. The predicted molar refractivity (Wildman–Crippen MR) is 101 cm³/mol. The van der Waals surface area contributed by atoms with E-state index >= 15 is 0 Å². The van der Waals surface area contributed by atoms with Gasteiger partial charge in [0.1, 0.15) is 5.03 Å². The normalized spacial score (nSPS) is 13.5. The molecule has 5 nitrogen and oxygen atoms in total. The fourth-order valence-corrected chi connectivity index (χ4v) is 4.08. The molecule has 130 valence electrons. The zero-order valence-electron chi connectivity index (χ0n) is 14.1. The number of unbranched alkanes of at least 4 members (excludes halogenated alkanes) is 1. The molecule has 1 aliphatic rings. The summed E-state index contributed by atoms with van der Waals surface area (Å²) in [5, 5.41) is 11.4. The Balaban J connectivity index is 1.31. The van der Waals surface area contributed by atoms with Crippen LogP contribution < -0.4 is 0 Å². The van der Waals surface area contributed by atoms with Crippen molar-refractivity contribution in [2.45, 2.75) is 17.9 Å². The number of thioether (sulfide) groups is 1. The van der Waals surface area contributed by atoms with E-state index in [1.54, 1.807) is 42.2 Å². The molecule has 0 atom stereocenters. The summed E-state index contributed by atoms with van der Waals surface area (Å²) in [6.07, 6.45) is 3.43. The summed E-state index contributed by atoms with van der Waals surface area (Å²) in [4.78, 5) is 26.0. The van der Waals surface area contributed by atoms with Crippen molar-refractivity contribution in [2.24, 2.45) is 0 Å². The summed E-state index contributed by atoms with van der Waals surface area (Å²) in [6, 6.07) is 15.1. The first kappa shape index (κ1) is 16.7. The van der Waals surface area contributed by atoms with Crippen LogP contribution in [0.3, 0.4) is 0 Å². The average molecular weight is 363 g/mol. The first-order chi connectivity index (χ1) is 12.8. The number of benzene rings is 2. The van der Waals surface area contributed by atoms with Crippen LogP contribution in [-0.4, -0.2) is 39.2 Å². The number of carbonyl (C=O) groups is 2. The summed E-state index contributed by atoms with van der Waals surface area (Å²) in [6.45, 7) is 0.453. The van der Waals surface area contributed by atoms with Gasteiger partial charge in [-0.25, -0.2) is 0 Å². The third-order valence-corrected chi connectivity index (χ3v) is 5.50. The van der Waals surface area contributed by atoms with Crippen LogP contribution in [-0.2, 0) is 0 Å². The quantitative estimate of drug-likeness (QED) is 0.379. The van der Waals surface area contributed by atoms with Crippen molar-refractivity contribution in [3.05, 3.63) is 65.9 Å². The minimum atomic E-state index is -0.182. The molecule has 0 spiro atoms. The van der Waals surface area contributed by atoms with E-state index in [1.807, 2.05) is 24.3 Å². The lowest BCUT2D eigenvalue weighted by Crippen LogP contribution is -2.30. The fourth-order valence-electron chi connectivity index (χ4n) is 3.09. The molecule has 0 fully saturated rings. The molecule has 0 unspecified atom stereocenters. The zero-order valence-corrected chi connectivity index (χ0v) is 14.9. The van der Waals surface area contributed by atoms with Crippen LogP contribution in [0.2, 0.25) is 0 Å². The lowest BCUT2D eigenvalue weighted by Gasteiger charge is -2.13. The van der Waals surface area contributed by atoms with Gasteiger partial charge in [0.15, 0.2) is 0 Å². The summed E-state index contributed by atoms with van der Waals surface area (Å²) >= 11 is 1.66. The molecule has 2 aromatic carbocycles. The van der Waals surface area contributed by atoms with Crippen LogP contribution in [0.15, 0.2) is 59.8 Å². The highest BCUT2D eigenvalue weighted by atomic mass is 32.2. The Morgan fingerprint density at radius 2 is 1.58 bits per heavy atom. The predicted octanol–water partition coefficient (Wildman–Crippen LogP) is 3.80. The molecule has 0 saturated heterocycles. The second-order valence-electron chi connectivity index (χ2n) is 6.10. The van der Waals surface area contributed by atoms with Crippen LogP contribution in [0.1, 0.15) is 33.6 Å². The van der Waals surface area contributed by atoms with Gasteiger partial charge in [0.2, 0.25) is 0 Å². The van der Waals surface area contributed by atoms with Crippen LogP contribution in [0.25, 0.3) is 10.8 Å². The molecule has 0 radical (unpaired) electrons. The number of amides is 2. The van der Waals surface area contributed by atoms with Crippen LogP contribution in [0.5, 0.6) is 0 Å². The number of hydrogen-bond donors (Lipinski definition) is 0. The second kappa shape index (κ2) is 7.25. The van der Waals surface area contributed by atoms with Crippen LogP contribution in [0, 0.1) is 0 Å². The highest BCUT2D eigenvalue weighted by Crippen LogP contribution is 2.26. The van der Waals surface area contributed by atoms with E-state index in [4.69, 9.17) is 0 Å². The molecule has 26 heavy (non-hydrogen) atoms. The molecule has 0 saturated carbocycles. The van der Waals surface area contributed by atoms with Crippen molar-refractivity contribution in [3.63, 3.8) is 0 Å². The van der Waals surface area contributed by atoms with E-state index in [2.05, 4.69) is 10.2 Å². The Morgan fingerprint density at radius 1 is 0.885 bits per heavy atom. The largest absolute Gasteiger partial charge is 0.274 e. The van der Waals surface area contributed by atoms with Gasteiger partial charge in [0, 0.05) is 17.3 Å². The number of carbonyl (C=O) groups excluding carboxylic acids is 2. The fraction of sp³-hybridized carbons (Fsp3) is 0.200. The third kappa shape index (κ3) is 3.08. The summed E-state index contributed by atoms with van der Waals surface area (Å²) in [5.74, 6) is 0.502. The Hall–Kier alpha value is -2.73. The van der Waals surface area contributed by atoms with Gasteiger partial charge < -0.3 is 0 Å². The first-order valence-corrected chi connectivity index (χ1v) is 9.53. The van der Waals surface area contributed by atoms with Crippen molar-refractivity contribution >= 4 is 34.3 Å². The lowest BCUT2D eigenvalue weighted by molar-refractivity contribution is 0.0652. The molecule has 2 amide bonds. The number of rotatable bonds is 6. The molecule has 4 rings (SSSR count). The maximum Gasteiger partial charge on any atom is 0.261 e. The monoisotopic (exact) mass is 363 g/mol. The Bertz CT molecular complexity index is 949. The Morgan fingerprint density at radius 3 is 2.35 bits per heavy atom. The van der Waals surface area contributed by atoms with Gasteiger partial charge in [-0.2, -0.15) is 5.10 Å². The Kier molecular flexibility index (Phi) is 4.67. The van der Waals surface area contributed by atoms with Gasteiger partial charge in [0.25, 0.3) is 11.8 Å². The van der Waals surface area contributed by atoms with E-state index < -0.39 is 0 Å². The molecule has 2 heterocycles. The van der Waals surface area contributed by atoms with Gasteiger partial charge >= 0.3 is 0 Å². The first-order valence-electron chi connectivity index (χ1n) is 8.54. The number of aromatic nitrogens is 2. The molecule has 3 aromatic rings. The van der Waals surface area contributed by atoms with E-state index in [1.165, 1.54) is 4.90 Å². The summed E-state index contributed by atoms with van der Waals surface area (Å²) < 4.78 is 0. The van der Waals surface area contributed by atoms with Gasteiger partial charge in [-0.15, -0.1) is 16.9 Å². The third-order valence-electron chi connectivity index (χ3n) is 4.43. The van der Waals surface area contributed by atoms with Gasteiger partial charge in [-0.1, -0.05) is 36.4 Å². The molecule has 0 N–H and O–H groups in total. The highest BCUT2D eigenvalue weighted by molar-refractivity contribution is 7.99. The highest BCUT2D eigenvalue weighted by Gasteiger charge is 2.34. The second-order valence-corrected chi connectivity index (χ2v) is 7.18. The molecule has 1 aromatic heterocycles. The van der Waals surface area contributed by atoms with E-state index in [0.29, 0.717) is 17.7 Å². The standard InChI is InChI=1S/C20H17N3O2S/c24-19-16-9-3-4-10-17(16)20(25)23(19)11-5-6-12-26-18-15-8-2-1-7-14(15)13-21-22-18/h1-4,7-10,13H,5-6,11-12H2. The van der Waals surface area contributed by atoms with Crippen LogP contribution >= 0.6 is 11.8 Å². The maximum absolute atomic E-state index is 12.3. The molecule has 6 heteroatoms. The molecule has 0 bridgehead atoms. The molecule has 1 aliphatic heterocycles. The number of hydrogen-bond acceptors (Lipinski definition) is 5. The van der Waals surface area contributed by atoms with E-state index in [0.717, 1.165) is 34.4 Å². The summed E-state index contributed by atoms with van der Waals surface area (Å²) in [5.41, 5.74) is 1.02. The SMILES string of the molecule is O=C1c2ccccc2C(=O)N1CCCCSc1nncc2ccccc12. The minimum Gasteiger partial charge on any atom is -0.274 e. The smallest absolute Gasteiger partial charge is 0.261 e. The van der Waals surface area contributed by atoms with E-state index in [-0.39, 0.29) is 11.8 Å². The van der Waals surface area contributed by atoms with Crippen molar-refractivity contribution < 1.29 is 9.59 Å². The number of imide groups is 1. The van der Waals surface area contributed by atoms with Crippen LogP contribution in [0.4, 0.5) is 0 Å². The van der Waals surface area contributed by atoms with Crippen molar-refractivity contribution in [1.82, 2.24) is 15.1 Å². The zero-order chi connectivity index (χ0) is 17.9. The summed E-state index contributed by atoms with van der Waals surface area (Å²) in [7, 11) is 0. The van der Waals surface area contributed by atoms with E-state index in [9.17, 15) is 9.59 Å². The Labute approximate surface area is 155 Å².